The van der Waals surface area contributed by atoms with Crippen LogP contribution in [0.4, 0.5) is 5.69 Å². The Kier molecular flexibility index (Phi) is 4.17. The van der Waals surface area contributed by atoms with Crippen LogP contribution in [0.2, 0.25) is 0 Å². The zero-order chi connectivity index (χ0) is 14.9. The predicted octanol–water partition coefficient (Wildman–Crippen LogP) is 2.77. The maximum absolute atomic E-state index is 12.6. The van der Waals surface area contributed by atoms with Crippen LogP contribution in [0.5, 0.6) is 0 Å². The molecule has 0 amide bonds. The third kappa shape index (κ3) is 2.87. The smallest absolute Gasteiger partial charge is 0.243 e. The lowest BCUT2D eigenvalue weighted by Gasteiger charge is -2.18. The maximum Gasteiger partial charge on any atom is 0.243 e. The summed E-state index contributed by atoms with van der Waals surface area (Å²) in [5.41, 5.74) is 7.97. The zero-order valence-electron chi connectivity index (χ0n) is 11.8. The van der Waals surface area contributed by atoms with Crippen molar-refractivity contribution in [2.75, 3.05) is 12.8 Å². The lowest BCUT2D eigenvalue weighted by molar-refractivity contribution is 0.468. The van der Waals surface area contributed by atoms with Crippen LogP contribution in [0, 0.1) is 13.8 Å². The molecule has 0 spiro atoms. The summed E-state index contributed by atoms with van der Waals surface area (Å²) in [6.45, 7) is 4.13. The number of thiophene rings is 1. The monoisotopic (exact) mass is 310 g/mol. The van der Waals surface area contributed by atoms with Crippen LogP contribution >= 0.6 is 11.3 Å². The highest BCUT2D eigenvalue weighted by Crippen LogP contribution is 2.25. The minimum Gasteiger partial charge on any atom is -0.399 e. The number of hydrogen-bond donors (Lipinski definition) is 1. The highest BCUT2D eigenvalue weighted by molar-refractivity contribution is 7.89. The third-order valence-corrected chi connectivity index (χ3v) is 6.19. The Morgan fingerprint density at radius 2 is 1.90 bits per heavy atom. The SMILES string of the molecule is Cc1ccc(N)cc1S(=O)(=O)N(C)Cc1sccc1C. The number of benzene rings is 1. The highest BCUT2D eigenvalue weighted by atomic mass is 32.2. The summed E-state index contributed by atoms with van der Waals surface area (Å²) >= 11 is 1.57. The maximum atomic E-state index is 12.6. The largest absolute Gasteiger partial charge is 0.399 e. The van der Waals surface area contributed by atoms with Gasteiger partial charge in [0.05, 0.1) is 4.90 Å². The van der Waals surface area contributed by atoms with E-state index in [-0.39, 0.29) is 4.90 Å². The molecular weight excluding hydrogens is 292 g/mol. The molecule has 108 valence electrons. The molecule has 0 aliphatic rings. The van der Waals surface area contributed by atoms with Crippen molar-refractivity contribution < 1.29 is 8.42 Å². The van der Waals surface area contributed by atoms with Crippen molar-refractivity contribution >= 4 is 27.0 Å². The molecular formula is C14H18N2O2S2. The van der Waals surface area contributed by atoms with Gasteiger partial charge in [-0.3, -0.25) is 0 Å². The summed E-state index contributed by atoms with van der Waals surface area (Å²) in [5, 5.41) is 1.97. The molecule has 0 saturated heterocycles. The van der Waals surface area contributed by atoms with Gasteiger partial charge in [-0.1, -0.05) is 6.07 Å². The number of rotatable bonds is 4. The first kappa shape index (κ1) is 15.0. The predicted molar refractivity (Wildman–Crippen MR) is 83.3 cm³/mol. The second kappa shape index (κ2) is 5.55. The van der Waals surface area contributed by atoms with Crippen LogP contribution < -0.4 is 5.73 Å². The zero-order valence-corrected chi connectivity index (χ0v) is 13.4. The first-order valence-electron chi connectivity index (χ1n) is 6.18. The first-order valence-corrected chi connectivity index (χ1v) is 8.50. The van der Waals surface area contributed by atoms with E-state index in [0.717, 1.165) is 10.4 Å². The fourth-order valence-corrected chi connectivity index (χ4v) is 4.35. The Bertz CT molecular complexity index is 721. The van der Waals surface area contributed by atoms with E-state index in [2.05, 4.69) is 0 Å². The number of hydrogen-bond acceptors (Lipinski definition) is 4. The van der Waals surface area contributed by atoms with Gasteiger partial charge in [-0.05, 0) is 48.6 Å². The van der Waals surface area contributed by atoms with Gasteiger partial charge < -0.3 is 5.73 Å². The molecule has 20 heavy (non-hydrogen) atoms. The molecule has 0 bridgehead atoms. The van der Waals surface area contributed by atoms with Gasteiger partial charge in [0, 0.05) is 24.2 Å². The second-order valence-corrected chi connectivity index (χ2v) is 7.83. The number of nitrogen functional groups attached to an aromatic ring is 1. The Morgan fingerprint density at radius 3 is 2.50 bits per heavy atom. The minimum absolute atomic E-state index is 0.272. The molecule has 4 nitrogen and oxygen atoms in total. The van der Waals surface area contributed by atoms with Crippen LogP contribution in [0.25, 0.3) is 0 Å². The van der Waals surface area contributed by atoms with Gasteiger partial charge in [-0.25, -0.2) is 8.42 Å². The number of anilines is 1. The molecule has 2 rings (SSSR count). The van der Waals surface area contributed by atoms with Crippen molar-refractivity contribution in [1.29, 1.82) is 0 Å². The fraction of sp³-hybridized carbons (Fsp3) is 0.286. The lowest BCUT2D eigenvalue weighted by Crippen LogP contribution is -2.27. The van der Waals surface area contributed by atoms with E-state index in [1.165, 1.54) is 10.4 Å². The van der Waals surface area contributed by atoms with E-state index in [4.69, 9.17) is 5.73 Å². The lowest BCUT2D eigenvalue weighted by atomic mass is 10.2. The van der Waals surface area contributed by atoms with Crippen molar-refractivity contribution in [3.63, 3.8) is 0 Å². The molecule has 0 saturated carbocycles. The van der Waals surface area contributed by atoms with Crippen molar-refractivity contribution in [3.05, 3.63) is 45.6 Å². The molecule has 0 unspecified atom stereocenters. The van der Waals surface area contributed by atoms with E-state index < -0.39 is 10.0 Å². The van der Waals surface area contributed by atoms with Gasteiger partial charge in [-0.15, -0.1) is 11.3 Å². The molecule has 2 N–H and O–H groups in total. The highest BCUT2D eigenvalue weighted by Gasteiger charge is 2.23. The van der Waals surface area contributed by atoms with Crippen LogP contribution in [0.15, 0.2) is 34.5 Å². The Hall–Kier alpha value is -1.37. The quantitative estimate of drug-likeness (QED) is 0.883. The first-order chi connectivity index (χ1) is 9.32. The van der Waals surface area contributed by atoms with Gasteiger partial charge >= 0.3 is 0 Å². The molecule has 0 aliphatic heterocycles. The van der Waals surface area contributed by atoms with Gasteiger partial charge in [0.1, 0.15) is 0 Å². The Balaban J connectivity index is 2.35. The summed E-state index contributed by atoms with van der Waals surface area (Å²) in [6.07, 6.45) is 0. The van der Waals surface area contributed by atoms with E-state index >= 15 is 0 Å². The minimum atomic E-state index is -3.52. The molecule has 0 radical (unpaired) electrons. The van der Waals surface area contributed by atoms with E-state index in [1.807, 2.05) is 18.4 Å². The molecule has 0 aliphatic carbocycles. The summed E-state index contributed by atoms with van der Waals surface area (Å²) in [4.78, 5) is 1.33. The molecule has 0 atom stereocenters. The number of nitrogens with zero attached hydrogens (tertiary/aromatic N) is 1. The summed E-state index contributed by atoms with van der Waals surface area (Å²) < 4.78 is 26.6. The van der Waals surface area contributed by atoms with Crippen LogP contribution in [-0.2, 0) is 16.6 Å². The van der Waals surface area contributed by atoms with Crippen molar-refractivity contribution in [2.24, 2.45) is 0 Å². The summed E-state index contributed by atoms with van der Waals surface area (Å²) in [7, 11) is -1.93. The molecule has 1 aromatic heterocycles. The van der Waals surface area contributed by atoms with Crippen LogP contribution in [0.3, 0.4) is 0 Å². The average molecular weight is 310 g/mol. The summed E-state index contributed by atoms with van der Waals surface area (Å²) in [5.74, 6) is 0. The topological polar surface area (TPSA) is 63.4 Å². The Morgan fingerprint density at radius 1 is 1.20 bits per heavy atom. The van der Waals surface area contributed by atoms with Gasteiger partial charge in [0.15, 0.2) is 0 Å². The van der Waals surface area contributed by atoms with Crippen LogP contribution in [0.1, 0.15) is 16.0 Å². The molecule has 0 fully saturated rings. The van der Waals surface area contributed by atoms with E-state index in [0.29, 0.717) is 17.8 Å². The van der Waals surface area contributed by atoms with E-state index in [1.54, 1.807) is 37.4 Å². The molecule has 6 heteroatoms. The average Bonchev–Trinajstić information content (AvgIpc) is 2.78. The fourth-order valence-electron chi connectivity index (χ4n) is 1.92. The second-order valence-electron chi connectivity index (χ2n) is 4.81. The molecule has 1 aromatic carbocycles. The van der Waals surface area contributed by atoms with Gasteiger partial charge in [-0.2, -0.15) is 4.31 Å². The third-order valence-electron chi connectivity index (χ3n) is 3.23. The summed E-state index contributed by atoms with van der Waals surface area (Å²) in [6, 6.07) is 6.94. The van der Waals surface area contributed by atoms with Gasteiger partial charge in [0.2, 0.25) is 10.0 Å². The Labute approximate surface area is 123 Å². The van der Waals surface area contributed by atoms with Gasteiger partial charge in [0.25, 0.3) is 0 Å². The standard InChI is InChI=1S/C14H18N2O2S2/c1-10-6-7-19-13(10)9-16(3)20(17,18)14-8-12(15)5-4-11(14)2/h4-8H,9,15H2,1-3H3. The van der Waals surface area contributed by atoms with Crippen LogP contribution in [-0.4, -0.2) is 19.8 Å². The number of aryl methyl sites for hydroxylation is 2. The number of sulfonamides is 1. The van der Waals surface area contributed by atoms with Crippen molar-refractivity contribution in [1.82, 2.24) is 4.31 Å². The normalized spacial score (nSPS) is 12.0. The number of nitrogens with two attached hydrogens (primary N) is 1. The molecule has 2 aromatic rings. The van der Waals surface area contributed by atoms with Crippen molar-refractivity contribution in [3.8, 4) is 0 Å². The van der Waals surface area contributed by atoms with E-state index in [9.17, 15) is 8.42 Å². The van der Waals surface area contributed by atoms with Crippen molar-refractivity contribution in [2.45, 2.75) is 25.3 Å². The molecule has 1 heterocycles.